The summed E-state index contributed by atoms with van der Waals surface area (Å²) in [5, 5.41) is 21.0. The predicted molar refractivity (Wildman–Crippen MR) is 132 cm³/mol. The van der Waals surface area contributed by atoms with Gasteiger partial charge in [0.1, 0.15) is 23.5 Å². The highest BCUT2D eigenvalue weighted by Crippen LogP contribution is 2.43. The molecule has 0 fully saturated rings. The van der Waals surface area contributed by atoms with Gasteiger partial charge in [-0.2, -0.15) is 10.5 Å². The van der Waals surface area contributed by atoms with Crippen LogP contribution in [0.5, 0.6) is 0 Å². The molecule has 5 aromatic rings. The van der Waals surface area contributed by atoms with E-state index in [1.165, 1.54) is 0 Å². The first kappa shape index (κ1) is 20.0. The molecule has 5 rings (SSSR count). The normalized spacial score (nSPS) is 10.5. The summed E-state index contributed by atoms with van der Waals surface area (Å²) < 4.78 is 0. The number of hydrogen-bond donors (Lipinski definition) is 1. The lowest BCUT2D eigenvalue weighted by atomic mass is 9.86. The van der Waals surface area contributed by atoms with Gasteiger partial charge < -0.3 is 5.73 Å². The van der Waals surface area contributed by atoms with Crippen molar-refractivity contribution >= 4 is 16.7 Å². The molecule has 0 saturated heterocycles. The highest BCUT2D eigenvalue weighted by atomic mass is 14.8. The van der Waals surface area contributed by atoms with Crippen molar-refractivity contribution in [2.45, 2.75) is 0 Å². The number of benzene rings is 4. The maximum absolute atomic E-state index is 10.2. The first-order valence-corrected chi connectivity index (χ1v) is 10.5. The van der Waals surface area contributed by atoms with E-state index in [2.05, 4.69) is 17.1 Å². The SMILES string of the molecule is N#Cc1c(N)nc2c(C#N)c(-c3ccccc3)cc(-c3ccccc3)c2c1-c1ccccc1. The fraction of sp³-hybridized carbons (Fsp3) is 0. The topological polar surface area (TPSA) is 86.5 Å². The third-order valence-electron chi connectivity index (χ3n) is 5.75. The van der Waals surface area contributed by atoms with Gasteiger partial charge in [-0.15, -0.1) is 0 Å². The molecule has 4 nitrogen and oxygen atoms in total. The first-order chi connectivity index (χ1) is 16.2. The van der Waals surface area contributed by atoms with E-state index in [1.807, 2.05) is 97.1 Å². The average molecular weight is 422 g/mol. The number of rotatable bonds is 3. The average Bonchev–Trinajstić information content (AvgIpc) is 2.88. The summed E-state index contributed by atoms with van der Waals surface area (Å²) in [6.07, 6.45) is 0. The lowest BCUT2D eigenvalue weighted by molar-refractivity contribution is 1.36. The number of nitrogens with two attached hydrogens (primary N) is 1. The maximum Gasteiger partial charge on any atom is 0.142 e. The quantitative estimate of drug-likeness (QED) is 0.357. The van der Waals surface area contributed by atoms with Gasteiger partial charge in [0, 0.05) is 16.5 Å². The molecule has 0 unspecified atom stereocenters. The smallest absolute Gasteiger partial charge is 0.142 e. The van der Waals surface area contributed by atoms with Crippen molar-refractivity contribution in [3.8, 4) is 45.5 Å². The molecule has 1 aromatic heterocycles. The molecule has 0 saturated carbocycles. The van der Waals surface area contributed by atoms with Crippen molar-refractivity contribution in [1.29, 1.82) is 10.5 Å². The number of anilines is 1. The zero-order valence-corrected chi connectivity index (χ0v) is 17.7. The molecular formula is C29H18N4. The monoisotopic (exact) mass is 422 g/mol. The molecule has 1 heterocycles. The minimum Gasteiger partial charge on any atom is -0.383 e. The Morgan fingerprint density at radius 2 is 1.09 bits per heavy atom. The number of nitriles is 2. The number of hydrogen-bond acceptors (Lipinski definition) is 4. The number of nitrogens with zero attached hydrogens (tertiary/aromatic N) is 3. The molecule has 154 valence electrons. The molecule has 4 aromatic carbocycles. The summed E-state index contributed by atoms with van der Waals surface area (Å²) in [5.74, 6) is 0.115. The minimum atomic E-state index is 0.115. The van der Waals surface area contributed by atoms with Gasteiger partial charge in [-0.1, -0.05) is 91.0 Å². The van der Waals surface area contributed by atoms with Crippen molar-refractivity contribution in [2.24, 2.45) is 0 Å². The summed E-state index contributed by atoms with van der Waals surface area (Å²) in [4.78, 5) is 4.61. The van der Waals surface area contributed by atoms with E-state index in [0.717, 1.165) is 33.2 Å². The van der Waals surface area contributed by atoms with Gasteiger partial charge in [-0.25, -0.2) is 4.98 Å². The molecule has 2 N–H and O–H groups in total. The largest absolute Gasteiger partial charge is 0.383 e. The van der Waals surface area contributed by atoms with Crippen LogP contribution < -0.4 is 5.73 Å². The van der Waals surface area contributed by atoms with Gasteiger partial charge >= 0.3 is 0 Å². The molecule has 4 heteroatoms. The standard InChI is InChI=1S/C29H18N4/c30-17-24-22(19-10-4-1-5-11-19)16-23(20-12-6-2-7-13-20)27-26(21-14-8-3-9-15-21)25(18-31)29(32)33-28(24)27/h1-16H,(H2,32,33). The highest BCUT2D eigenvalue weighted by Gasteiger charge is 2.23. The van der Waals surface area contributed by atoms with Crippen LogP contribution in [0.15, 0.2) is 97.1 Å². The van der Waals surface area contributed by atoms with Gasteiger partial charge in [-0.3, -0.25) is 0 Å². The Hall–Kier alpha value is -4.93. The summed E-state index contributed by atoms with van der Waals surface area (Å²) in [6, 6.07) is 36.0. The zero-order valence-electron chi connectivity index (χ0n) is 17.7. The second-order valence-electron chi connectivity index (χ2n) is 7.64. The Morgan fingerprint density at radius 1 is 0.606 bits per heavy atom. The Labute approximate surface area is 191 Å². The first-order valence-electron chi connectivity index (χ1n) is 10.5. The fourth-order valence-corrected chi connectivity index (χ4v) is 4.27. The van der Waals surface area contributed by atoms with E-state index in [-0.39, 0.29) is 5.82 Å². The molecule has 0 radical (unpaired) electrons. The molecule has 0 aliphatic heterocycles. The van der Waals surface area contributed by atoms with Crippen molar-refractivity contribution < 1.29 is 0 Å². The van der Waals surface area contributed by atoms with Gasteiger partial charge in [0.25, 0.3) is 0 Å². The molecule has 0 aliphatic rings. The van der Waals surface area contributed by atoms with Crippen LogP contribution in [0.1, 0.15) is 11.1 Å². The minimum absolute atomic E-state index is 0.115. The van der Waals surface area contributed by atoms with Crippen LogP contribution in [0, 0.1) is 22.7 Å². The molecular weight excluding hydrogens is 404 g/mol. The lowest BCUT2D eigenvalue weighted by Gasteiger charge is -2.18. The second-order valence-corrected chi connectivity index (χ2v) is 7.64. The summed E-state index contributed by atoms with van der Waals surface area (Å²) in [5.41, 5.74) is 12.6. The van der Waals surface area contributed by atoms with E-state index in [1.54, 1.807) is 0 Å². The third kappa shape index (κ3) is 3.37. The Balaban J connectivity index is 2.04. The summed E-state index contributed by atoms with van der Waals surface area (Å²) in [7, 11) is 0. The van der Waals surface area contributed by atoms with Crippen LogP contribution in [0.4, 0.5) is 5.82 Å². The van der Waals surface area contributed by atoms with E-state index >= 15 is 0 Å². The van der Waals surface area contributed by atoms with Gasteiger partial charge in [-0.05, 0) is 28.3 Å². The second kappa shape index (κ2) is 8.30. The van der Waals surface area contributed by atoms with Crippen LogP contribution in [0.2, 0.25) is 0 Å². The van der Waals surface area contributed by atoms with E-state index < -0.39 is 0 Å². The molecule has 33 heavy (non-hydrogen) atoms. The lowest BCUT2D eigenvalue weighted by Crippen LogP contribution is -2.03. The Kier molecular flexibility index (Phi) is 5.03. The van der Waals surface area contributed by atoms with Crippen molar-refractivity contribution in [3.05, 3.63) is 108 Å². The number of pyridine rings is 1. The fourth-order valence-electron chi connectivity index (χ4n) is 4.27. The Bertz CT molecular complexity index is 1560. The van der Waals surface area contributed by atoms with Crippen LogP contribution in [-0.2, 0) is 0 Å². The van der Waals surface area contributed by atoms with Crippen molar-refractivity contribution in [1.82, 2.24) is 4.98 Å². The summed E-state index contributed by atoms with van der Waals surface area (Å²) >= 11 is 0. The van der Waals surface area contributed by atoms with E-state index in [9.17, 15) is 10.5 Å². The van der Waals surface area contributed by atoms with Crippen molar-refractivity contribution in [3.63, 3.8) is 0 Å². The molecule has 0 amide bonds. The predicted octanol–water partition coefficient (Wildman–Crippen LogP) is 6.56. The number of nitrogen functional groups attached to an aromatic ring is 1. The molecule has 0 spiro atoms. The molecule has 0 bridgehead atoms. The number of aromatic nitrogens is 1. The van der Waals surface area contributed by atoms with Crippen LogP contribution in [0.3, 0.4) is 0 Å². The van der Waals surface area contributed by atoms with E-state index in [4.69, 9.17) is 5.73 Å². The van der Waals surface area contributed by atoms with Crippen LogP contribution in [-0.4, -0.2) is 4.98 Å². The zero-order chi connectivity index (χ0) is 22.8. The van der Waals surface area contributed by atoms with Crippen molar-refractivity contribution in [2.75, 3.05) is 5.73 Å². The van der Waals surface area contributed by atoms with Gasteiger partial charge in [0.05, 0.1) is 11.1 Å². The Morgan fingerprint density at radius 3 is 1.61 bits per heavy atom. The maximum atomic E-state index is 10.2. The molecule has 0 aliphatic carbocycles. The molecule has 0 atom stereocenters. The van der Waals surface area contributed by atoms with E-state index in [0.29, 0.717) is 22.2 Å². The number of fused-ring (bicyclic) bond motifs is 1. The van der Waals surface area contributed by atoms with Crippen LogP contribution in [0.25, 0.3) is 44.3 Å². The van der Waals surface area contributed by atoms with Gasteiger partial charge in [0.15, 0.2) is 0 Å². The highest BCUT2D eigenvalue weighted by molar-refractivity contribution is 6.12. The summed E-state index contributed by atoms with van der Waals surface area (Å²) in [6.45, 7) is 0. The van der Waals surface area contributed by atoms with Crippen LogP contribution >= 0.6 is 0 Å². The third-order valence-corrected chi connectivity index (χ3v) is 5.75. The van der Waals surface area contributed by atoms with Gasteiger partial charge in [0.2, 0.25) is 0 Å².